The summed E-state index contributed by atoms with van der Waals surface area (Å²) in [5.41, 5.74) is 0. The summed E-state index contributed by atoms with van der Waals surface area (Å²) in [5.74, 6) is 5.31. The van der Waals surface area contributed by atoms with Gasteiger partial charge in [0, 0.05) is 6.61 Å². The monoisotopic (exact) mass is 334 g/mol. The largest absolute Gasteiger partial charge is 0.378 e. The maximum absolute atomic E-state index is 6.18. The summed E-state index contributed by atoms with van der Waals surface area (Å²) < 4.78 is 6.18. The molecule has 0 aromatic heterocycles. The van der Waals surface area contributed by atoms with Gasteiger partial charge in [0.1, 0.15) is 0 Å². The molecular weight excluding hydrogens is 292 g/mol. The van der Waals surface area contributed by atoms with Gasteiger partial charge in [0.05, 0.1) is 6.10 Å². The lowest BCUT2D eigenvalue weighted by Crippen LogP contribution is -2.42. The van der Waals surface area contributed by atoms with Gasteiger partial charge < -0.3 is 4.74 Å². The van der Waals surface area contributed by atoms with Gasteiger partial charge in [-0.1, -0.05) is 52.4 Å². The van der Waals surface area contributed by atoms with Crippen LogP contribution in [0, 0.1) is 29.6 Å². The van der Waals surface area contributed by atoms with E-state index in [2.05, 4.69) is 13.8 Å². The molecule has 0 aliphatic heterocycles. The Morgan fingerprint density at radius 2 is 1.42 bits per heavy atom. The summed E-state index contributed by atoms with van der Waals surface area (Å²) in [4.78, 5) is 0. The van der Waals surface area contributed by atoms with E-state index < -0.39 is 0 Å². The summed E-state index contributed by atoms with van der Waals surface area (Å²) >= 11 is 0. The predicted molar refractivity (Wildman–Crippen MR) is 103 cm³/mol. The van der Waals surface area contributed by atoms with Gasteiger partial charge in [-0.15, -0.1) is 0 Å². The number of hydrogen-bond acceptors (Lipinski definition) is 1. The molecule has 0 amide bonds. The van der Waals surface area contributed by atoms with E-state index in [4.69, 9.17) is 4.74 Å². The van der Waals surface area contributed by atoms with Crippen LogP contribution in [-0.2, 0) is 4.74 Å². The Morgan fingerprint density at radius 3 is 2.17 bits per heavy atom. The summed E-state index contributed by atoms with van der Waals surface area (Å²) in [7, 11) is 0. The van der Waals surface area contributed by atoms with E-state index in [9.17, 15) is 0 Å². The van der Waals surface area contributed by atoms with Crippen molar-refractivity contribution < 1.29 is 4.74 Å². The summed E-state index contributed by atoms with van der Waals surface area (Å²) in [6, 6.07) is 0. The molecule has 140 valence electrons. The van der Waals surface area contributed by atoms with Crippen LogP contribution in [0.4, 0.5) is 0 Å². The fourth-order valence-corrected chi connectivity index (χ4v) is 6.34. The van der Waals surface area contributed by atoms with Gasteiger partial charge in [-0.25, -0.2) is 0 Å². The fourth-order valence-electron chi connectivity index (χ4n) is 6.34. The van der Waals surface area contributed by atoms with Crippen LogP contribution in [0.1, 0.15) is 104 Å². The van der Waals surface area contributed by atoms with E-state index >= 15 is 0 Å². The van der Waals surface area contributed by atoms with Crippen LogP contribution in [0.5, 0.6) is 0 Å². The SMILES string of the molecule is CCCCC[C@H]1CCC2C(CCC3C[C@@H](OCCCC)CCC32)C1. The second-order valence-electron chi connectivity index (χ2n) is 9.26. The average Bonchev–Trinajstić information content (AvgIpc) is 2.62. The van der Waals surface area contributed by atoms with E-state index in [1.807, 2.05) is 0 Å². The fraction of sp³-hybridized carbons (Fsp3) is 1.00. The molecule has 3 rings (SSSR count). The Balaban J connectivity index is 1.45. The average molecular weight is 335 g/mol. The Kier molecular flexibility index (Phi) is 7.50. The second-order valence-corrected chi connectivity index (χ2v) is 9.26. The lowest BCUT2D eigenvalue weighted by atomic mass is 9.56. The molecule has 1 heteroatoms. The molecule has 0 saturated heterocycles. The summed E-state index contributed by atoms with van der Waals surface area (Å²) in [6.45, 7) is 5.60. The van der Waals surface area contributed by atoms with Crippen LogP contribution in [0.2, 0.25) is 0 Å². The predicted octanol–water partition coefficient (Wildman–Crippen LogP) is 6.99. The maximum atomic E-state index is 6.18. The first kappa shape index (κ1) is 18.7. The molecule has 3 fully saturated rings. The maximum Gasteiger partial charge on any atom is 0.0578 e. The highest BCUT2D eigenvalue weighted by Gasteiger charge is 2.44. The van der Waals surface area contributed by atoms with Crippen molar-refractivity contribution in [3.8, 4) is 0 Å². The van der Waals surface area contributed by atoms with Crippen molar-refractivity contribution in [2.24, 2.45) is 29.6 Å². The highest BCUT2D eigenvalue weighted by molar-refractivity contribution is 4.94. The normalized spacial score (nSPS) is 39.2. The molecular formula is C23H42O. The van der Waals surface area contributed by atoms with Crippen molar-refractivity contribution in [2.45, 2.75) is 110 Å². The highest BCUT2D eigenvalue weighted by atomic mass is 16.5. The minimum atomic E-state index is 0.597. The Labute approximate surface area is 151 Å². The Morgan fingerprint density at radius 1 is 0.708 bits per heavy atom. The first-order chi connectivity index (χ1) is 11.8. The third-order valence-electron chi connectivity index (χ3n) is 7.67. The topological polar surface area (TPSA) is 9.23 Å². The van der Waals surface area contributed by atoms with Crippen LogP contribution in [-0.4, -0.2) is 12.7 Å². The number of fused-ring (bicyclic) bond motifs is 3. The van der Waals surface area contributed by atoms with Crippen LogP contribution < -0.4 is 0 Å². The lowest BCUT2D eigenvalue weighted by Gasteiger charge is -2.50. The molecule has 0 aromatic carbocycles. The van der Waals surface area contributed by atoms with E-state index in [0.717, 1.165) is 36.2 Å². The van der Waals surface area contributed by atoms with Gasteiger partial charge in [-0.3, -0.25) is 0 Å². The molecule has 6 atom stereocenters. The van der Waals surface area contributed by atoms with Crippen LogP contribution in [0.25, 0.3) is 0 Å². The van der Waals surface area contributed by atoms with E-state index in [-0.39, 0.29) is 0 Å². The minimum Gasteiger partial charge on any atom is -0.378 e. The van der Waals surface area contributed by atoms with E-state index in [1.54, 1.807) is 19.3 Å². The van der Waals surface area contributed by atoms with Gasteiger partial charge in [0.25, 0.3) is 0 Å². The summed E-state index contributed by atoms with van der Waals surface area (Å²) in [6.07, 6.45) is 20.9. The van der Waals surface area contributed by atoms with Gasteiger partial charge in [0.15, 0.2) is 0 Å². The number of unbranched alkanes of at least 4 members (excludes halogenated alkanes) is 3. The molecule has 0 spiro atoms. The summed E-state index contributed by atoms with van der Waals surface area (Å²) in [5, 5.41) is 0. The van der Waals surface area contributed by atoms with E-state index in [0.29, 0.717) is 6.10 Å². The van der Waals surface area contributed by atoms with Crippen LogP contribution in [0.3, 0.4) is 0 Å². The van der Waals surface area contributed by atoms with Gasteiger partial charge in [-0.2, -0.15) is 0 Å². The molecule has 4 unspecified atom stereocenters. The van der Waals surface area contributed by atoms with Crippen molar-refractivity contribution in [3.63, 3.8) is 0 Å². The van der Waals surface area contributed by atoms with Crippen LogP contribution in [0.15, 0.2) is 0 Å². The Hall–Kier alpha value is -0.0400. The third kappa shape index (κ3) is 4.77. The van der Waals surface area contributed by atoms with Crippen molar-refractivity contribution >= 4 is 0 Å². The molecule has 0 bridgehead atoms. The Bertz CT molecular complexity index is 318. The highest BCUT2D eigenvalue weighted by Crippen LogP contribution is 2.53. The van der Waals surface area contributed by atoms with E-state index in [1.165, 1.54) is 70.6 Å². The van der Waals surface area contributed by atoms with Crippen molar-refractivity contribution in [3.05, 3.63) is 0 Å². The van der Waals surface area contributed by atoms with Crippen molar-refractivity contribution in [1.29, 1.82) is 0 Å². The number of hydrogen-bond donors (Lipinski definition) is 0. The minimum absolute atomic E-state index is 0.597. The molecule has 3 saturated carbocycles. The molecule has 0 heterocycles. The van der Waals surface area contributed by atoms with Crippen molar-refractivity contribution in [1.82, 2.24) is 0 Å². The number of ether oxygens (including phenoxy) is 1. The smallest absolute Gasteiger partial charge is 0.0578 e. The van der Waals surface area contributed by atoms with Gasteiger partial charge in [-0.05, 0) is 81.0 Å². The standard InChI is InChI=1S/C23H42O/c1-3-5-7-8-18-9-13-22-19(16-18)10-11-20-17-21(12-14-23(20)22)24-15-6-4-2/h18-23H,3-17H2,1-2H3/t18-,19?,20?,21-,22?,23?/m0/s1. The zero-order chi connectivity index (χ0) is 16.8. The molecule has 3 aliphatic rings. The zero-order valence-electron chi connectivity index (χ0n) is 16.5. The van der Waals surface area contributed by atoms with Gasteiger partial charge >= 0.3 is 0 Å². The van der Waals surface area contributed by atoms with Gasteiger partial charge in [0.2, 0.25) is 0 Å². The van der Waals surface area contributed by atoms with Crippen LogP contribution >= 0.6 is 0 Å². The molecule has 0 aromatic rings. The molecule has 0 N–H and O–H groups in total. The first-order valence-corrected chi connectivity index (χ1v) is 11.4. The lowest BCUT2D eigenvalue weighted by molar-refractivity contribution is -0.0537. The zero-order valence-corrected chi connectivity index (χ0v) is 16.5. The molecule has 1 nitrogen and oxygen atoms in total. The quantitative estimate of drug-likeness (QED) is 0.434. The van der Waals surface area contributed by atoms with Crippen molar-refractivity contribution in [2.75, 3.05) is 6.61 Å². The number of rotatable bonds is 8. The molecule has 3 aliphatic carbocycles. The first-order valence-electron chi connectivity index (χ1n) is 11.4. The molecule has 24 heavy (non-hydrogen) atoms. The second kappa shape index (κ2) is 9.60. The molecule has 0 radical (unpaired) electrons. The third-order valence-corrected chi connectivity index (χ3v) is 7.67.